The third-order valence-corrected chi connectivity index (χ3v) is 5.75. The van der Waals surface area contributed by atoms with Crippen molar-refractivity contribution in [3.05, 3.63) is 52.6 Å². The first kappa shape index (κ1) is 19.2. The molecule has 0 saturated carbocycles. The van der Waals surface area contributed by atoms with Crippen molar-refractivity contribution < 1.29 is 17.9 Å². The van der Waals surface area contributed by atoms with Crippen molar-refractivity contribution in [1.29, 1.82) is 0 Å². The number of ether oxygens (including phenoxy) is 1. The van der Waals surface area contributed by atoms with Crippen LogP contribution in [0.25, 0.3) is 0 Å². The fourth-order valence-corrected chi connectivity index (χ4v) is 4.30. The van der Waals surface area contributed by atoms with E-state index >= 15 is 0 Å². The number of carbonyl (C=O) groups is 1. The number of nitrogens with zero attached hydrogens (tertiary/aromatic N) is 1. The van der Waals surface area contributed by atoms with Crippen LogP contribution in [0, 0.1) is 27.7 Å². The summed E-state index contributed by atoms with van der Waals surface area (Å²) in [6.45, 7) is 7.67. The Labute approximate surface area is 160 Å². The van der Waals surface area contributed by atoms with Crippen LogP contribution in [-0.2, 0) is 14.8 Å². The van der Waals surface area contributed by atoms with Crippen LogP contribution in [0.4, 0.5) is 11.4 Å². The molecule has 0 saturated heterocycles. The van der Waals surface area contributed by atoms with Gasteiger partial charge in [0, 0.05) is 5.69 Å². The normalized spacial score (nSPS) is 16.5. The van der Waals surface area contributed by atoms with E-state index in [0.717, 1.165) is 34.2 Å². The van der Waals surface area contributed by atoms with E-state index in [1.54, 1.807) is 12.1 Å². The zero-order valence-corrected chi connectivity index (χ0v) is 17.0. The van der Waals surface area contributed by atoms with Gasteiger partial charge in [-0.1, -0.05) is 23.8 Å². The number of carbonyl (C=O) groups excluding carboxylic acids is 1. The maximum atomic E-state index is 12.8. The van der Waals surface area contributed by atoms with E-state index in [1.165, 1.54) is 4.31 Å². The summed E-state index contributed by atoms with van der Waals surface area (Å²) in [5, 5.41) is 2.90. The Morgan fingerprint density at radius 3 is 2.30 bits per heavy atom. The van der Waals surface area contributed by atoms with E-state index in [1.807, 2.05) is 45.9 Å². The lowest BCUT2D eigenvalue weighted by molar-refractivity contribution is -0.122. The number of aryl methyl sites for hydroxylation is 4. The Balaban J connectivity index is 1.92. The number of nitrogens with one attached hydrogen (secondary N) is 1. The minimum atomic E-state index is -3.54. The number of hydrogen-bond acceptors (Lipinski definition) is 4. The van der Waals surface area contributed by atoms with Crippen molar-refractivity contribution in [2.75, 3.05) is 22.4 Å². The molecule has 0 aromatic heterocycles. The zero-order valence-electron chi connectivity index (χ0n) is 16.2. The molecule has 27 heavy (non-hydrogen) atoms. The summed E-state index contributed by atoms with van der Waals surface area (Å²) in [5.41, 5.74) is 5.13. The number of hydrogen-bond donors (Lipinski definition) is 1. The van der Waals surface area contributed by atoms with Crippen molar-refractivity contribution in [1.82, 2.24) is 0 Å². The molecule has 3 rings (SSSR count). The summed E-state index contributed by atoms with van der Waals surface area (Å²) >= 11 is 0. The van der Waals surface area contributed by atoms with Gasteiger partial charge in [0.2, 0.25) is 10.0 Å². The third-order valence-electron chi connectivity index (χ3n) is 4.60. The molecule has 6 nitrogen and oxygen atoms in total. The van der Waals surface area contributed by atoms with E-state index in [9.17, 15) is 13.2 Å². The Hall–Kier alpha value is -2.54. The van der Waals surface area contributed by atoms with Crippen LogP contribution in [0.5, 0.6) is 5.75 Å². The molecule has 0 bridgehead atoms. The highest BCUT2D eigenvalue weighted by Gasteiger charge is 2.35. The molecule has 1 amide bonds. The third kappa shape index (κ3) is 3.93. The van der Waals surface area contributed by atoms with Gasteiger partial charge in [-0.3, -0.25) is 9.10 Å². The number of rotatable bonds is 3. The molecule has 1 heterocycles. The van der Waals surface area contributed by atoms with Crippen LogP contribution in [0.15, 0.2) is 30.3 Å². The molecule has 1 N–H and O–H groups in total. The number of anilines is 2. The summed E-state index contributed by atoms with van der Waals surface area (Å²) in [5.74, 6) is 0.0136. The Bertz CT molecular complexity index is 992. The van der Waals surface area contributed by atoms with Gasteiger partial charge in [-0.2, -0.15) is 0 Å². The van der Waals surface area contributed by atoms with Crippen molar-refractivity contribution >= 4 is 27.3 Å². The minimum Gasteiger partial charge on any atom is -0.476 e. The van der Waals surface area contributed by atoms with Crippen LogP contribution < -0.4 is 14.4 Å². The van der Waals surface area contributed by atoms with E-state index < -0.39 is 16.1 Å². The van der Waals surface area contributed by atoms with Crippen LogP contribution in [0.1, 0.15) is 22.3 Å². The first-order valence-electron chi connectivity index (χ1n) is 8.70. The second-order valence-electron chi connectivity index (χ2n) is 7.13. The average molecular weight is 388 g/mol. The highest BCUT2D eigenvalue weighted by atomic mass is 32.2. The molecule has 2 aromatic rings. The predicted molar refractivity (Wildman–Crippen MR) is 107 cm³/mol. The van der Waals surface area contributed by atoms with E-state index in [4.69, 9.17) is 4.74 Å². The van der Waals surface area contributed by atoms with Gasteiger partial charge in [0.1, 0.15) is 5.75 Å². The molecule has 1 aliphatic rings. The Morgan fingerprint density at radius 2 is 1.70 bits per heavy atom. The molecular formula is C20H24N2O4S. The molecule has 144 valence electrons. The highest BCUT2D eigenvalue weighted by Crippen LogP contribution is 2.36. The molecule has 7 heteroatoms. The van der Waals surface area contributed by atoms with Crippen molar-refractivity contribution in [2.24, 2.45) is 0 Å². The fourth-order valence-electron chi connectivity index (χ4n) is 3.39. The molecular weight excluding hydrogens is 364 g/mol. The Kier molecular flexibility index (Phi) is 4.90. The SMILES string of the molecule is Cc1cc(C)c(NC(=O)[C@H]2CN(S(C)(=O)=O)c3cc(C)ccc3O2)c(C)c1. The highest BCUT2D eigenvalue weighted by molar-refractivity contribution is 7.92. The van der Waals surface area contributed by atoms with Crippen LogP contribution in [0.3, 0.4) is 0 Å². The van der Waals surface area contributed by atoms with Crippen molar-refractivity contribution in [2.45, 2.75) is 33.8 Å². The number of amides is 1. The molecule has 0 fully saturated rings. The van der Waals surface area contributed by atoms with Crippen molar-refractivity contribution in [3.63, 3.8) is 0 Å². The van der Waals surface area contributed by atoms with Gasteiger partial charge < -0.3 is 10.1 Å². The molecule has 2 aromatic carbocycles. The van der Waals surface area contributed by atoms with Crippen LogP contribution >= 0.6 is 0 Å². The number of sulfonamides is 1. The lowest BCUT2D eigenvalue weighted by Gasteiger charge is -2.34. The second kappa shape index (κ2) is 6.88. The summed E-state index contributed by atoms with van der Waals surface area (Å²) in [6.07, 6.45) is 0.197. The molecule has 0 spiro atoms. The second-order valence-corrected chi connectivity index (χ2v) is 9.04. The van der Waals surface area contributed by atoms with Gasteiger partial charge >= 0.3 is 0 Å². The standard InChI is InChI=1S/C20H24N2O4S/c1-12-6-7-17-16(10-12)22(27(5,24)25)11-18(26-17)20(23)21-19-14(3)8-13(2)9-15(19)4/h6-10,18H,11H2,1-5H3,(H,21,23)/t18-/m1/s1. The van der Waals surface area contributed by atoms with Crippen molar-refractivity contribution in [3.8, 4) is 5.75 Å². The average Bonchev–Trinajstić information content (AvgIpc) is 2.56. The Morgan fingerprint density at radius 1 is 1.07 bits per heavy atom. The van der Waals surface area contributed by atoms with E-state index in [0.29, 0.717) is 11.4 Å². The first-order valence-corrected chi connectivity index (χ1v) is 10.5. The lowest BCUT2D eigenvalue weighted by atomic mass is 10.0. The van der Waals surface area contributed by atoms with Crippen LogP contribution in [0.2, 0.25) is 0 Å². The number of benzene rings is 2. The summed E-state index contributed by atoms with van der Waals surface area (Å²) in [7, 11) is -3.54. The summed E-state index contributed by atoms with van der Waals surface area (Å²) in [4.78, 5) is 12.8. The maximum absolute atomic E-state index is 12.8. The van der Waals surface area contributed by atoms with Gasteiger partial charge in [-0.05, 0) is 56.5 Å². The molecule has 1 aliphatic heterocycles. The minimum absolute atomic E-state index is 0.0644. The molecule has 0 radical (unpaired) electrons. The molecule has 1 atom stereocenters. The van der Waals surface area contributed by atoms with E-state index in [-0.39, 0.29) is 12.5 Å². The fraction of sp³-hybridized carbons (Fsp3) is 0.350. The quantitative estimate of drug-likeness (QED) is 0.877. The zero-order chi connectivity index (χ0) is 19.9. The number of fused-ring (bicyclic) bond motifs is 1. The molecule has 0 unspecified atom stereocenters. The largest absolute Gasteiger partial charge is 0.476 e. The van der Waals surface area contributed by atoms with Gasteiger partial charge in [0.05, 0.1) is 18.5 Å². The summed E-state index contributed by atoms with van der Waals surface area (Å²) in [6, 6.07) is 9.26. The van der Waals surface area contributed by atoms with Crippen LogP contribution in [-0.4, -0.2) is 33.2 Å². The predicted octanol–water partition coefficient (Wildman–Crippen LogP) is 3.09. The lowest BCUT2D eigenvalue weighted by Crippen LogP contribution is -2.48. The van der Waals surface area contributed by atoms with Gasteiger partial charge in [-0.15, -0.1) is 0 Å². The topological polar surface area (TPSA) is 75.7 Å². The maximum Gasteiger partial charge on any atom is 0.267 e. The first-order chi connectivity index (χ1) is 12.6. The smallest absolute Gasteiger partial charge is 0.267 e. The van der Waals surface area contributed by atoms with Gasteiger partial charge in [0.15, 0.2) is 6.10 Å². The van der Waals surface area contributed by atoms with Gasteiger partial charge in [-0.25, -0.2) is 8.42 Å². The monoisotopic (exact) mass is 388 g/mol. The molecule has 0 aliphatic carbocycles. The van der Waals surface area contributed by atoms with E-state index in [2.05, 4.69) is 5.32 Å². The van der Waals surface area contributed by atoms with Gasteiger partial charge in [0.25, 0.3) is 5.91 Å². The summed E-state index contributed by atoms with van der Waals surface area (Å²) < 4.78 is 31.6.